The normalized spacial score (nSPS) is 15.9. The van der Waals surface area contributed by atoms with E-state index in [-0.39, 0.29) is 12.2 Å². The standard InChI is InChI=1S/C15H21NO3/c1-11-7-5-6-8-13(11)18-12-9-16(10-12)14(17)19-15(2,3)4/h5-8,12H,9-10H2,1-4H3. The van der Waals surface area contributed by atoms with E-state index in [2.05, 4.69) is 0 Å². The van der Waals surface area contributed by atoms with Crippen LogP contribution < -0.4 is 4.74 Å². The molecule has 104 valence electrons. The maximum atomic E-state index is 11.8. The molecule has 1 aromatic carbocycles. The van der Waals surface area contributed by atoms with E-state index in [1.807, 2.05) is 52.0 Å². The van der Waals surface area contributed by atoms with Crippen LogP contribution in [0.15, 0.2) is 24.3 Å². The molecule has 4 nitrogen and oxygen atoms in total. The number of amides is 1. The van der Waals surface area contributed by atoms with Gasteiger partial charge in [-0.05, 0) is 39.3 Å². The minimum atomic E-state index is -0.445. The third kappa shape index (κ3) is 3.63. The lowest BCUT2D eigenvalue weighted by molar-refractivity contribution is -0.0222. The Balaban J connectivity index is 1.81. The van der Waals surface area contributed by atoms with E-state index in [0.29, 0.717) is 13.1 Å². The Bertz CT molecular complexity index is 459. The van der Waals surface area contributed by atoms with E-state index in [1.165, 1.54) is 0 Å². The van der Waals surface area contributed by atoms with Crippen LogP contribution in [0.3, 0.4) is 0 Å². The van der Waals surface area contributed by atoms with Crippen molar-refractivity contribution in [3.63, 3.8) is 0 Å². The molecule has 1 saturated heterocycles. The monoisotopic (exact) mass is 263 g/mol. The number of carbonyl (C=O) groups excluding carboxylic acids is 1. The molecule has 1 aliphatic heterocycles. The number of likely N-dealkylation sites (tertiary alicyclic amines) is 1. The number of hydrogen-bond acceptors (Lipinski definition) is 3. The minimum absolute atomic E-state index is 0.0635. The average molecular weight is 263 g/mol. The Morgan fingerprint density at radius 1 is 1.26 bits per heavy atom. The van der Waals surface area contributed by atoms with Gasteiger partial charge in [-0.25, -0.2) is 4.79 Å². The predicted octanol–water partition coefficient (Wildman–Crippen LogP) is 2.99. The summed E-state index contributed by atoms with van der Waals surface area (Å²) >= 11 is 0. The first-order valence-corrected chi connectivity index (χ1v) is 6.55. The molecule has 0 aliphatic carbocycles. The fourth-order valence-corrected chi connectivity index (χ4v) is 1.86. The maximum absolute atomic E-state index is 11.8. The first-order valence-electron chi connectivity index (χ1n) is 6.55. The molecular weight excluding hydrogens is 242 g/mol. The number of rotatable bonds is 2. The van der Waals surface area contributed by atoms with Crippen molar-refractivity contribution in [2.45, 2.75) is 39.4 Å². The number of ether oxygens (including phenoxy) is 2. The lowest BCUT2D eigenvalue weighted by atomic mass is 10.1. The average Bonchev–Trinajstić information content (AvgIpc) is 2.22. The van der Waals surface area contributed by atoms with Crippen molar-refractivity contribution < 1.29 is 14.3 Å². The highest BCUT2D eigenvalue weighted by Crippen LogP contribution is 2.22. The van der Waals surface area contributed by atoms with Gasteiger partial charge >= 0.3 is 6.09 Å². The van der Waals surface area contributed by atoms with Crippen LogP contribution in [-0.4, -0.2) is 35.8 Å². The number of benzene rings is 1. The lowest BCUT2D eigenvalue weighted by Gasteiger charge is -2.39. The molecule has 0 unspecified atom stereocenters. The molecule has 1 heterocycles. The smallest absolute Gasteiger partial charge is 0.410 e. The molecule has 0 bridgehead atoms. The summed E-state index contributed by atoms with van der Waals surface area (Å²) in [5.41, 5.74) is 0.664. The molecule has 19 heavy (non-hydrogen) atoms. The van der Waals surface area contributed by atoms with Crippen molar-refractivity contribution >= 4 is 6.09 Å². The second-order valence-corrected chi connectivity index (χ2v) is 5.89. The summed E-state index contributed by atoms with van der Waals surface area (Å²) in [6.45, 7) is 8.79. The predicted molar refractivity (Wildman–Crippen MR) is 73.4 cm³/mol. The van der Waals surface area contributed by atoms with Crippen molar-refractivity contribution in [1.29, 1.82) is 0 Å². The van der Waals surface area contributed by atoms with Crippen LogP contribution in [0, 0.1) is 6.92 Å². The SMILES string of the molecule is Cc1ccccc1OC1CN(C(=O)OC(C)(C)C)C1. The first kappa shape index (κ1) is 13.7. The molecule has 1 fully saturated rings. The first-order chi connectivity index (χ1) is 8.85. The van der Waals surface area contributed by atoms with Gasteiger partial charge in [0.2, 0.25) is 0 Å². The Morgan fingerprint density at radius 3 is 2.47 bits per heavy atom. The fourth-order valence-electron chi connectivity index (χ4n) is 1.86. The van der Waals surface area contributed by atoms with Crippen molar-refractivity contribution in [2.75, 3.05) is 13.1 Å². The van der Waals surface area contributed by atoms with Crippen LogP contribution in [0.25, 0.3) is 0 Å². The largest absolute Gasteiger partial charge is 0.486 e. The van der Waals surface area contributed by atoms with E-state index >= 15 is 0 Å². The second-order valence-electron chi connectivity index (χ2n) is 5.89. The highest BCUT2D eigenvalue weighted by atomic mass is 16.6. The zero-order valence-electron chi connectivity index (χ0n) is 12.0. The fraction of sp³-hybridized carbons (Fsp3) is 0.533. The molecule has 4 heteroatoms. The van der Waals surface area contributed by atoms with E-state index in [9.17, 15) is 4.79 Å². The van der Waals surface area contributed by atoms with Gasteiger partial charge in [-0.3, -0.25) is 0 Å². The van der Waals surface area contributed by atoms with Gasteiger partial charge in [0.25, 0.3) is 0 Å². The lowest BCUT2D eigenvalue weighted by Crippen LogP contribution is -2.57. The number of hydrogen-bond donors (Lipinski definition) is 0. The van der Waals surface area contributed by atoms with Crippen LogP contribution in [-0.2, 0) is 4.74 Å². The summed E-state index contributed by atoms with van der Waals surface area (Å²) in [5.74, 6) is 0.885. The van der Waals surface area contributed by atoms with E-state index in [0.717, 1.165) is 11.3 Å². The Morgan fingerprint density at radius 2 is 1.89 bits per heavy atom. The van der Waals surface area contributed by atoms with Gasteiger partial charge in [0.1, 0.15) is 17.5 Å². The molecule has 0 saturated carbocycles. The summed E-state index contributed by atoms with van der Waals surface area (Å²) in [6.07, 6.45) is -0.203. The van der Waals surface area contributed by atoms with E-state index in [4.69, 9.17) is 9.47 Å². The van der Waals surface area contributed by atoms with Crippen LogP contribution >= 0.6 is 0 Å². The summed E-state index contributed by atoms with van der Waals surface area (Å²) in [5, 5.41) is 0. The molecule has 1 aliphatic rings. The summed E-state index contributed by atoms with van der Waals surface area (Å²) < 4.78 is 11.1. The van der Waals surface area contributed by atoms with Crippen LogP contribution in [0.4, 0.5) is 4.79 Å². The summed E-state index contributed by atoms with van der Waals surface area (Å²) in [4.78, 5) is 13.4. The molecule has 1 amide bonds. The van der Waals surface area contributed by atoms with Gasteiger partial charge in [-0.1, -0.05) is 18.2 Å². The number of aryl methyl sites for hydroxylation is 1. The Labute approximate surface area is 114 Å². The van der Waals surface area contributed by atoms with Gasteiger partial charge in [0.15, 0.2) is 0 Å². The zero-order chi connectivity index (χ0) is 14.0. The highest BCUT2D eigenvalue weighted by Gasteiger charge is 2.35. The van der Waals surface area contributed by atoms with Gasteiger partial charge in [0, 0.05) is 0 Å². The van der Waals surface area contributed by atoms with Gasteiger partial charge < -0.3 is 14.4 Å². The second kappa shape index (κ2) is 5.11. The van der Waals surface area contributed by atoms with Crippen molar-refractivity contribution in [2.24, 2.45) is 0 Å². The molecule has 2 rings (SSSR count). The molecule has 0 atom stereocenters. The topological polar surface area (TPSA) is 38.8 Å². The van der Waals surface area contributed by atoms with Gasteiger partial charge in [-0.2, -0.15) is 0 Å². The van der Waals surface area contributed by atoms with Crippen LogP contribution in [0.1, 0.15) is 26.3 Å². The summed E-state index contributed by atoms with van der Waals surface area (Å²) in [6, 6.07) is 7.90. The molecule has 0 radical (unpaired) electrons. The number of nitrogens with zero attached hydrogens (tertiary/aromatic N) is 1. The van der Waals surface area contributed by atoms with E-state index in [1.54, 1.807) is 4.90 Å². The van der Waals surface area contributed by atoms with Crippen LogP contribution in [0.5, 0.6) is 5.75 Å². The number of carbonyl (C=O) groups is 1. The highest BCUT2D eigenvalue weighted by molar-refractivity contribution is 5.69. The van der Waals surface area contributed by atoms with Crippen molar-refractivity contribution in [1.82, 2.24) is 4.90 Å². The number of para-hydroxylation sites is 1. The molecule has 0 aromatic heterocycles. The Hall–Kier alpha value is -1.71. The molecule has 0 spiro atoms. The van der Waals surface area contributed by atoms with Crippen LogP contribution in [0.2, 0.25) is 0 Å². The molecule has 0 N–H and O–H groups in total. The van der Waals surface area contributed by atoms with Crippen molar-refractivity contribution in [3.05, 3.63) is 29.8 Å². The third-order valence-corrected chi connectivity index (χ3v) is 2.89. The van der Waals surface area contributed by atoms with Gasteiger partial charge in [-0.15, -0.1) is 0 Å². The van der Waals surface area contributed by atoms with Gasteiger partial charge in [0.05, 0.1) is 13.1 Å². The Kier molecular flexibility index (Phi) is 3.69. The molecular formula is C15H21NO3. The summed E-state index contributed by atoms with van der Waals surface area (Å²) in [7, 11) is 0. The quantitative estimate of drug-likeness (QED) is 0.823. The minimum Gasteiger partial charge on any atom is -0.486 e. The van der Waals surface area contributed by atoms with Crippen molar-refractivity contribution in [3.8, 4) is 5.75 Å². The maximum Gasteiger partial charge on any atom is 0.410 e. The molecule has 1 aromatic rings. The third-order valence-electron chi connectivity index (χ3n) is 2.89. The zero-order valence-corrected chi connectivity index (χ0v) is 12.0. The van der Waals surface area contributed by atoms with E-state index < -0.39 is 5.60 Å².